The lowest BCUT2D eigenvalue weighted by Gasteiger charge is -2.62. The molecule has 11 atom stereocenters. The van der Waals surface area contributed by atoms with E-state index in [1.807, 2.05) is 6.92 Å². The first-order valence-electron chi connectivity index (χ1n) is 13.5. The molecule has 0 aromatic heterocycles. The third-order valence-electron chi connectivity index (χ3n) is 11.0. The molecule has 0 aliphatic heterocycles. The second-order valence-corrected chi connectivity index (χ2v) is 14.3. The Balaban J connectivity index is 1.44. The average molecular weight is 516 g/mol. The summed E-state index contributed by atoms with van der Waals surface area (Å²) in [7, 11) is -4.11. The highest BCUT2D eigenvalue weighted by Gasteiger charge is 2.65. The van der Waals surface area contributed by atoms with Crippen LogP contribution in [0.5, 0.6) is 0 Å². The Morgan fingerprint density at radius 3 is 2.46 bits per heavy atom. The van der Waals surface area contributed by atoms with Crippen LogP contribution < -0.4 is 5.32 Å². The SMILES string of the molecule is C[C@@H](CCC(=O)NCCS(=O)(=O)O)[C@H]1[C@H](O)C[C@@H]2[C@@H]3CC[C@@H]4C[C@H](O)CC[C@@]4(C)[C@H]3C[C@H](O)[C@]12C. The largest absolute Gasteiger partial charge is 0.393 e. The van der Waals surface area contributed by atoms with Gasteiger partial charge >= 0.3 is 0 Å². The highest BCUT2D eigenvalue weighted by Crippen LogP contribution is 2.68. The van der Waals surface area contributed by atoms with Crippen molar-refractivity contribution in [3.63, 3.8) is 0 Å². The van der Waals surface area contributed by atoms with Gasteiger partial charge in [-0.1, -0.05) is 20.8 Å². The van der Waals surface area contributed by atoms with Gasteiger partial charge < -0.3 is 20.6 Å². The molecule has 0 heterocycles. The van der Waals surface area contributed by atoms with Crippen LogP contribution in [0.2, 0.25) is 0 Å². The van der Waals surface area contributed by atoms with Gasteiger partial charge in [-0.2, -0.15) is 8.42 Å². The molecule has 4 aliphatic rings. The number of fused-ring (bicyclic) bond motifs is 5. The van der Waals surface area contributed by atoms with Crippen molar-refractivity contribution in [3.8, 4) is 0 Å². The van der Waals surface area contributed by atoms with Crippen LogP contribution in [-0.4, -0.2) is 64.8 Å². The zero-order valence-electron chi connectivity index (χ0n) is 21.4. The van der Waals surface area contributed by atoms with Gasteiger partial charge in [0.1, 0.15) is 0 Å². The zero-order valence-corrected chi connectivity index (χ0v) is 22.2. The normalized spacial score (nSPS) is 46.3. The Morgan fingerprint density at radius 1 is 1.06 bits per heavy atom. The summed E-state index contributed by atoms with van der Waals surface area (Å²) >= 11 is 0. The Morgan fingerprint density at radius 2 is 1.77 bits per heavy atom. The second kappa shape index (κ2) is 9.86. The number of aliphatic hydroxyl groups is 3. The average Bonchev–Trinajstić information content (AvgIpc) is 3.04. The van der Waals surface area contributed by atoms with Crippen LogP contribution in [0.25, 0.3) is 0 Å². The summed E-state index contributed by atoms with van der Waals surface area (Å²) in [6.07, 6.45) is 5.86. The molecule has 8 nitrogen and oxygen atoms in total. The van der Waals surface area contributed by atoms with Gasteiger partial charge in [0, 0.05) is 18.4 Å². The fourth-order valence-corrected chi connectivity index (χ4v) is 9.56. The van der Waals surface area contributed by atoms with Gasteiger partial charge in [-0.25, -0.2) is 0 Å². The number of carbonyl (C=O) groups is 1. The Labute approximate surface area is 210 Å². The molecular formula is C26H45NO7S. The number of rotatable bonds is 7. The number of nitrogens with one attached hydrogen (secondary N) is 1. The number of hydrogen-bond donors (Lipinski definition) is 5. The van der Waals surface area contributed by atoms with Gasteiger partial charge in [0.25, 0.3) is 10.1 Å². The van der Waals surface area contributed by atoms with E-state index < -0.39 is 33.5 Å². The van der Waals surface area contributed by atoms with Crippen molar-refractivity contribution in [3.05, 3.63) is 0 Å². The zero-order chi connectivity index (χ0) is 25.8. The van der Waals surface area contributed by atoms with Crippen LogP contribution in [0.3, 0.4) is 0 Å². The summed E-state index contributed by atoms with van der Waals surface area (Å²) in [5.74, 6) is 0.763. The molecule has 0 aromatic rings. The third kappa shape index (κ3) is 5.05. The molecule has 1 amide bonds. The van der Waals surface area contributed by atoms with Crippen LogP contribution in [0.15, 0.2) is 0 Å². The summed E-state index contributed by atoms with van der Waals surface area (Å²) in [4.78, 5) is 12.2. The van der Waals surface area contributed by atoms with Crippen molar-refractivity contribution in [1.29, 1.82) is 0 Å². The van der Waals surface area contributed by atoms with E-state index in [1.165, 1.54) is 0 Å². The van der Waals surface area contributed by atoms with E-state index in [9.17, 15) is 28.5 Å². The summed E-state index contributed by atoms with van der Waals surface area (Å²) in [5.41, 5.74) is -0.266. The van der Waals surface area contributed by atoms with E-state index >= 15 is 0 Å². The van der Waals surface area contributed by atoms with Crippen LogP contribution in [-0.2, 0) is 14.9 Å². The van der Waals surface area contributed by atoms with Crippen molar-refractivity contribution in [1.82, 2.24) is 5.32 Å². The molecule has 0 spiro atoms. The molecule has 0 bridgehead atoms. The summed E-state index contributed by atoms with van der Waals surface area (Å²) in [6.45, 7) is 6.45. The third-order valence-corrected chi connectivity index (χ3v) is 11.7. The highest BCUT2D eigenvalue weighted by molar-refractivity contribution is 7.85. The lowest BCUT2D eigenvalue weighted by molar-refractivity contribution is -0.176. The van der Waals surface area contributed by atoms with Gasteiger partial charge in [-0.3, -0.25) is 9.35 Å². The maximum Gasteiger partial charge on any atom is 0.266 e. The fourth-order valence-electron chi connectivity index (χ4n) is 9.20. The first kappa shape index (κ1) is 27.3. The first-order valence-corrected chi connectivity index (χ1v) is 15.1. The number of amides is 1. The molecule has 9 heteroatoms. The quantitative estimate of drug-likeness (QED) is 0.327. The predicted octanol–water partition coefficient (Wildman–Crippen LogP) is 2.37. The molecule has 4 saturated carbocycles. The molecule has 4 fully saturated rings. The molecule has 5 N–H and O–H groups in total. The van der Waals surface area contributed by atoms with Gasteiger partial charge in [-0.05, 0) is 92.3 Å². The Kier molecular flexibility index (Phi) is 7.69. The van der Waals surface area contributed by atoms with Crippen LogP contribution in [0.4, 0.5) is 0 Å². The van der Waals surface area contributed by atoms with Crippen molar-refractivity contribution in [2.75, 3.05) is 12.3 Å². The van der Waals surface area contributed by atoms with E-state index in [0.29, 0.717) is 30.6 Å². The monoisotopic (exact) mass is 515 g/mol. The smallest absolute Gasteiger partial charge is 0.266 e. The molecule has 0 saturated heterocycles. The lowest BCUT2D eigenvalue weighted by Crippen LogP contribution is -2.59. The van der Waals surface area contributed by atoms with Gasteiger partial charge in [0.05, 0.1) is 24.1 Å². The minimum absolute atomic E-state index is 0.0234. The Hall–Kier alpha value is -0.740. The van der Waals surface area contributed by atoms with Gasteiger partial charge in [0.15, 0.2) is 0 Å². The highest BCUT2D eigenvalue weighted by atomic mass is 32.2. The molecule has 202 valence electrons. The molecule has 4 aliphatic carbocycles. The minimum atomic E-state index is -4.11. The predicted molar refractivity (Wildman–Crippen MR) is 132 cm³/mol. The summed E-state index contributed by atoms with van der Waals surface area (Å²) < 4.78 is 30.5. The van der Waals surface area contributed by atoms with E-state index in [4.69, 9.17) is 4.55 Å². The first-order chi connectivity index (χ1) is 16.3. The van der Waals surface area contributed by atoms with E-state index in [1.54, 1.807) is 0 Å². The standard InChI is InChI=1S/C26H45NO7S/c1-15(4-7-23(31)27-10-11-35(32,33)34)24-21(29)13-20-18-6-5-16-12-17(28)8-9-25(16,2)19(18)14-22(30)26(20,24)3/h15-22,24,28-30H,4-14H2,1-3H3,(H,27,31)(H,32,33,34)/t15-,16+,17+,18+,19-,20+,21+,22-,24-,25+,26+/m0/s1. The van der Waals surface area contributed by atoms with Crippen molar-refractivity contribution >= 4 is 16.0 Å². The molecule has 0 unspecified atom stereocenters. The van der Waals surface area contributed by atoms with Crippen molar-refractivity contribution < 1.29 is 33.1 Å². The summed E-state index contributed by atoms with van der Waals surface area (Å²) in [6, 6.07) is 0. The fraction of sp³-hybridized carbons (Fsp3) is 0.962. The maximum atomic E-state index is 12.2. The topological polar surface area (TPSA) is 144 Å². The lowest BCUT2D eigenvalue weighted by atomic mass is 9.43. The number of carbonyl (C=O) groups excluding carboxylic acids is 1. The molecule has 0 aromatic carbocycles. The second-order valence-electron chi connectivity index (χ2n) is 12.7. The molecule has 35 heavy (non-hydrogen) atoms. The minimum Gasteiger partial charge on any atom is -0.393 e. The molecule has 0 radical (unpaired) electrons. The van der Waals surface area contributed by atoms with Crippen molar-refractivity contribution in [2.24, 2.45) is 46.3 Å². The molecule has 4 rings (SSSR count). The van der Waals surface area contributed by atoms with E-state index in [-0.39, 0.29) is 48.1 Å². The van der Waals surface area contributed by atoms with Crippen LogP contribution in [0.1, 0.15) is 78.6 Å². The van der Waals surface area contributed by atoms with E-state index in [2.05, 4.69) is 19.2 Å². The van der Waals surface area contributed by atoms with Gasteiger partial charge in [-0.15, -0.1) is 0 Å². The van der Waals surface area contributed by atoms with Gasteiger partial charge in [0.2, 0.25) is 5.91 Å². The van der Waals surface area contributed by atoms with Crippen LogP contribution in [0, 0.1) is 46.3 Å². The summed E-state index contributed by atoms with van der Waals surface area (Å²) in [5, 5.41) is 35.7. The number of aliphatic hydroxyl groups excluding tert-OH is 3. The Bertz CT molecular complexity index is 896. The van der Waals surface area contributed by atoms with Crippen molar-refractivity contribution in [2.45, 2.75) is 96.9 Å². The number of hydrogen-bond acceptors (Lipinski definition) is 6. The molecular weight excluding hydrogens is 470 g/mol. The van der Waals surface area contributed by atoms with E-state index in [0.717, 1.165) is 38.5 Å². The van der Waals surface area contributed by atoms with Crippen LogP contribution >= 0.6 is 0 Å². The maximum absolute atomic E-state index is 12.2.